The topological polar surface area (TPSA) is 53.6 Å². The molecule has 2 N–H and O–H groups in total. The van der Waals surface area contributed by atoms with E-state index in [2.05, 4.69) is 10.2 Å². The van der Waals surface area contributed by atoms with E-state index in [-0.39, 0.29) is 18.8 Å². The fourth-order valence-corrected chi connectivity index (χ4v) is 2.92. The van der Waals surface area contributed by atoms with Crippen molar-refractivity contribution >= 4 is 11.6 Å². The second-order valence-corrected chi connectivity index (χ2v) is 6.35. The molecule has 0 aliphatic carbocycles. The van der Waals surface area contributed by atoms with Gasteiger partial charge in [-0.05, 0) is 25.5 Å². The van der Waals surface area contributed by atoms with E-state index in [4.69, 9.17) is 4.74 Å². The van der Waals surface area contributed by atoms with Crippen LogP contribution in [-0.4, -0.2) is 55.4 Å². The number of anilines is 1. The summed E-state index contributed by atoms with van der Waals surface area (Å²) in [5.41, 5.74) is 1.74. The number of carbonyl (C=O) groups is 1. The number of hydrogen-bond acceptors (Lipinski definition) is 4. The van der Waals surface area contributed by atoms with E-state index in [1.165, 1.54) is 0 Å². The molecule has 1 aliphatic heterocycles. The van der Waals surface area contributed by atoms with Crippen molar-refractivity contribution in [3.63, 3.8) is 0 Å². The van der Waals surface area contributed by atoms with E-state index in [1.807, 2.05) is 43.4 Å². The number of para-hydroxylation sites is 1. The number of rotatable bonds is 6. The molecule has 1 saturated heterocycles. The molecule has 140 valence electrons. The number of halogens is 3. The van der Waals surface area contributed by atoms with Crippen LogP contribution >= 0.6 is 0 Å². The van der Waals surface area contributed by atoms with Crippen molar-refractivity contribution in [2.24, 2.45) is 0 Å². The van der Waals surface area contributed by atoms with Gasteiger partial charge >= 0.3 is 6.18 Å². The molecule has 0 bridgehead atoms. The molecule has 0 saturated carbocycles. The number of benzene rings is 1. The Morgan fingerprint density at radius 2 is 1.88 bits per heavy atom. The largest absolute Gasteiger partial charge is 0.405 e. The van der Waals surface area contributed by atoms with E-state index < -0.39 is 18.6 Å². The van der Waals surface area contributed by atoms with Crippen molar-refractivity contribution in [2.45, 2.75) is 38.8 Å². The molecule has 0 unspecified atom stereocenters. The Bertz CT molecular complexity index is 571. The van der Waals surface area contributed by atoms with Gasteiger partial charge in [-0.1, -0.05) is 18.2 Å². The van der Waals surface area contributed by atoms with Gasteiger partial charge in [-0.3, -0.25) is 9.69 Å². The van der Waals surface area contributed by atoms with Crippen LogP contribution in [0.15, 0.2) is 24.3 Å². The molecule has 1 aromatic rings. The zero-order valence-electron chi connectivity index (χ0n) is 14.4. The van der Waals surface area contributed by atoms with Crippen LogP contribution in [0.2, 0.25) is 0 Å². The molecular formula is C17H24F3N3O2. The summed E-state index contributed by atoms with van der Waals surface area (Å²) in [5, 5.41) is 4.78. The summed E-state index contributed by atoms with van der Waals surface area (Å²) in [6.07, 6.45) is -4.11. The van der Waals surface area contributed by atoms with Crippen molar-refractivity contribution in [1.82, 2.24) is 10.2 Å². The number of carbonyl (C=O) groups excluding carboxylic acids is 1. The number of ether oxygens (including phenoxy) is 1. The minimum Gasteiger partial charge on any atom is -0.376 e. The summed E-state index contributed by atoms with van der Waals surface area (Å²) < 4.78 is 42.1. The first kappa shape index (κ1) is 19.5. The number of nitrogens with zero attached hydrogens (tertiary/aromatic N) is 1. The lowest BCUT2D eigenvalue weighted by Gasteiger charge is -2.35. The van der Waals surface area contributed by atoms with Crippen molar-refractivity contribution in [2.75, 3.05) is 31.5 Å². The van der Waals surface area contributed by atoms with Crippen molar-refractivity contribution in [3.8, 4) is 0 Å². The molecule has 1 aromatic carbocycles. The Balaban J connectivity index is 1.90. The van der Waals surface area contributed by atoms with Crippen LogP contribution in [-0.2, 0) is 16.1 Å². The number of hydrogen-bond donors (Lipinski definition) is 2. The van der Waals surface area contributed by atoms with Crippen LogP contribution in [0, 0.1) is 0 Å². The van der Waals surface area contributed by atoms with Crippen LogP contribution in [0.5, 0.6) is 0 Å². The summed E-state index contributed by atoms with van der Waals surface area (Å²) in [6, 6.07) is 7.49. The lowest BCUT2D eigenvalue weighted by molar-refractivity contribution is -0.137. The predicted molar refractivity (Wildman–Crippen MR) is 89.3 cm³/mol. The standard InChI is InChI=1S/C17H24F3N3O2/c1-12-8-23(9-13(2)25-12)10-14-5-3-4-6-15(14)21-7-16(24)22-11-17(18,19)20/h3-6,12-13,21H,7-11H2,1-2H3,(H,22,24)/t12-,13-/m1/s1. The fraction of sp³-hybridized carbons (Fsp3) is 0.588. The van der Waals surface area contributed by atoms with Gasteiger partial charge in [0.05, 0.1) is 18.8 Å². The Morgan fingerprint density at radius 3 is 2.52 bits per heavy atom. The molecular weight excluding hydrogens is 335 g/mol. The highest BCUT2D eigenvalue weighted by atomic mass is 19.4. The van der Waals surface area contributed by atoms with Crippen molar-refractivity contribution < 1.29 is 22.7 Å². The van der Waals surface area contributed by atoms with E-state index >= 15 is 0 Å². The number of nitrogens with one attached hydrogen (secondary N) is 2. The molecule has 25 heavy (non-hydrogen) atoms. The minimum atomic E-state index is -4.41. The molecule has 1 aliphatic rings. The third-order valence-corrected chi connectivity index (χ3v) is 3.83. The average Bonchev–Trinajstić information content (AvgIpc) is 2.50. The van der Waals surface area contributed by atoms with Gasteiger partial charge in [-0.15, -0.1) is 0 Å². The molecule has 2 atom stereocenters. The molecule has 1 fully saturated rings. The maximum Gasteiger partial charge on any atom is 0.405 e. The highest BCUT2D eigenvalue weighted by Crippen LogP contribution is 2.20. The molecule has 5 nitrogen and oxygen atoms in total. The number of amides is 1. The van der Waals surface area contributed by atoms with Crippen LogP contribution in [0.25, 0.3) is 0 Å². The Kier molecular flexibility index (Phi) is 6.66. The van der Waals surface area contributed by atoms with E-state index in [1.54, 1.807) is 0 Å². The Morgan fingerprint density at radius 1 is 1.24 bits per heavy atom. The molecule has 1 amide bonds. The van der Waals surface area contributed by atoms with Gasteiger partial charge in [0.25, 0.3) is 0 Å². The predicted octanol–water partition coefficient (Wildman–Crippen LogP) is 2.39. The maximum atomic E-state index is 12.1. The second-order valence-electron chi connectivity index (χ2n) is 6.35. The molecule has 1 heterocycles. The van der Waals surface area contributed by atoms with E-state index in [0.29, 0.717) is 6.54 Å². The quantitative estimate of drug-likeness (QED) is 0.819. The first-order chi connectivity index (χ1) is 11.7. The summed E-state index contributed by atoms with van der Waals surface area (Å²) in [5.74, 6) is -0.694. The average molecular weight is 359 g/mol. The lowest BCUT2D eigenvalue weighted by atomic mass is 10.1. The lowest BCUT2D eigenvalue weighted by Crippen LogP contribution is -2.44. The van der Waals surface area contributed by atoms with E-state index in [0.717, 1.165) is 24.3 Å². The van der Waals surface area contributed by atoms with Gasteiger partial charge in [-0.2, -0.15) is 13.2 Å². The third-order valence-electron chi connectivity index (χ3n) is 3.83. The highest BCUT2D eigenvalue weighted by molar-refractivity contribution is 5.81. The van der Waals surface area contributed by atoms with Gasteiger partial charge in [-0.25, -0.2) is 0 Å². The van der Waals surface area contributed by atoms with Gasteiger partial charge in [0, 0.05) is 25.3 Å². The van der Waals surface area contributed by atoms with Crippen LogP contribution in [0.1, 0.15) is 19.4 Å². The summed E-state index contributed by atoms with van der Waals surface area (Å²) >= 11 is 0. The zero-order valence-corrected chi connectivity index (χ0v) is 14.4. The monoisotopic (exact) mass is 359 g/mol. The normalized spacial score (nSPS) is 21.8. The highest BCUT2D eigenvalue weighted by Gasteiger charge is 2.27. The fourth-order valence-electron chi connectivity index (χ4n) is 2.92. The molecule has 0 spiro atoms. The Hall–Kier alpha value is -1.80. The van der Waals surface area contributed by atoms with Gasteiger partial charge < -0.3 is 15.4 Å². The van der Waals surface area contributed by atoms with E-state index in [9.17, 15) is 18.0 Å². The summed E-state index contributed by atoms with van der Waals surface area (Å²) in [4.78, 5) is 13.8. The van der Waals surface area contributed by atoms with Gasteiger partial charge in [0.1, 0.15) is 6.54 Å². The number of morpholine rings is 1. The molecule has 2 rings (SSSR count). The summed E-state index contributed by atoms with van der Waals surface area (Å²) in [7, 11) is 0. The summed E-state index contributed by atoms with van der Waals surface area (Å²) in [6.45, 7) is 4.83. The maximum absolute atomic E-state index is 12.1. The van der Waals surface area contributed by atoms with Crippen LogP contribution < -0.4 is 10.6 Å². The number of alkyl halides is 3. The molecule has 0 radical (unpaired) electrons. The second kappa shape index (κ2) is 8.53. The Labute approximate surface area is 145 Å². The van der Waals surface area contributed by atoms with Crippen molar-refractivity contribution in [1.29, 1.82) is 0 Å². The van der Waals surface area contributed by atoms with Crippen molar-refractivity contribution in [3.05, 3.63) is 29.8 Å². The third kappa shape index (κ3) is 6.91. The molecule has 0 aromatic heterocycles. The van der Waals surface area contributed by atoms with Gasteiger partial charge in [0.2, 0.25) is 5.91 Å². The van der Waals surface area contributed by atoms with Crippen LogP contribution in [0.4, 0.5) is 18.9 Å². The smallest absolute Gasteiger partial charge is 0.376 e. The minimum absolute atomic E-state index is 0.150. The van der Waals surface area contributed by atoms with Crippen LogP contribution in [0.3, 0.4) is 0 Å². The zero-order chi connectivity index (χ0) is 18.4. The first-order valence-electron chi connectivity index (χ1n) is 8.26. The first-order valence-corrected chi connectivity index (χ1v) is 8.26. The van der Waals surface area contributed by atoms with Gasteiger partial charge in [0.15, 0.2) is 0 Å². The molecule has 8 heteroatoms. The SMILES string of the molecule is C[C@@H]1CN(Cc2ccccc2NCC(=O)NCC(F)(F)F)C[C@@H](C)O1.